The molecule has 2 aliphatic rings. The Morgan fingerprint density at radius 1 is 1.21 bits per heavy atom. The Balaban J connectivity index is 1.53. The fourth-order valence-corrected chi connectivity index (χ4v) is 3.86. The van der Waals surface area contributed by atoms with Crippen LogP contribution >= 0.6 is 0 Å². The van der Waals surface area contributed by atoms with Crippen LogP contribution in [0, 0.1) is 11.3 Å². The fraction of sp³-hybridized carbons (Fsp3) is 0.579. The van der Waals surface area contributed by atoms with Crippen molar-refractivity contribution >= 4 is 12.0 Å². The zero-order chi connectivity index (χ0) is 17.0. The Morgan fingerprint density at radius 2 is 1.96 bits per heavy atom. The minimum Gasteiger partial charge on any atom is -0.481 e. The van der Waals surface area contributed by atoms with Gasteiger partial charge in [0.05, 0.1) is 5.92 Å². The van der Waals surface area contributed by atoms with Crippen molar-refractivity contribution in [3.8, 4) is 0 Å². The van der Waals surface area contributed by atoms with Crippen LogP contribution in [0.1, 0.15) is 37.7 Å². The van der Waals surface area contributed by atoms with E-state index in [-0.39, 0.29) is 11.4 Å². The second-order valence-electron chi connectivity index (χ2n) is 7.30. The molecule has 1 aromatic carbocycles. The largest absolute Gasteiger partial charge is 0.481 e. The van der Waals surface area contributed by atoms with Crippen molar-refractivity contribution in [3.63, 3.8) is 0 Å². The molecule has 1 atom stereocenters. The number of carboxylic acid groups (broad SMARTS) is 1. The van der Waals surface area contributed by atoms with Gasteiger partial charge in [-0.3, -0.25) is 4.79 Å². The molecule has 2 amide bonds. The van der Waals surface area contributed by atoms with Crippen LogP contribution < -0.4 is 5.32 Å². The van der Waals surface area contributed by atoms with Crippen LogP contribution in [0.4, 0.5) is 4.79 Å². The van der Waals surface area contributed by atoms with E-state index in [1.807, 2.05) is 6.07 Å². The van der Waals surface area contributed by atoms with Gasteiger partial charge in [-0.2, -0.15) is 0 Å². The molecule has 0 bridgehead atoms. The molecule has 1 aliphatic carbocycles. The lowest BCUT2D eigenvalue weighted by Crippen LogP contribution is -2.51. The van der Waals surface area contributed by atoms with E-state index in [4.69, 9.17) is 5.11 Å². The highest BCUT2D eigenvalue weighted by Crippen LogP contribution is 2.43. The molecule has 1 unspecified atom stereocenters. The number of nitrogens with one attached hydrogen (secondary N) is 1. The van der Waals surface area contributed by atoms with E-state index < -0.39 is 11.9 Å². The molecular formula is C19H26N2O3. The van der Waals surface area contributed by atoms with Crippen LogP contribution in [0.15, 0.2) is 30.3 Å². The number of piperidine rings is 1. The Kier molecular flexibility index (Phi) is 5.07. The Morgan fingerprint density at radius 3 is 2.58 bits per heavy atom. The van der Waals surface area contributed by atoms with Gasteiger partial charge in [-0.25, -0.2) is 4.79 Å². The summed E-state index contributed by atoms with van der Waals surface area (Å²) in [6, 6.07) is 10.3. The Hall–Kier alpha value is -2.04. The molecule has 0 spiro atoms. The van der Waals surface area contributed by atoms with Crippen LogP contribution in [-0.4, -0.2) is 41.6 Å². The lowest BCUT2D eigenvalue weighted by atomic mass is 9.65. The van der Waals surface area contributed by atoms with Crippen LogP contribution in [0.5, 0.6) is 0 Å². The van der Waals surface area contributed by atoms with Gasteiger partial charge in [-0.05, 0) is 43.1 Å². The standard InChI is InChI=1S/C19H26N2O3/c22-17(23)16-8-4-11-21(13-16)18(24)20-14-19(9-5-10-19)12-15-6-2-1-3-7-15/h1-3,6-7,16H,4-5,8-14H2,(H,20,24)(H,22,23). The minimum atomic E-state index is -0.799. The summed E-state index contributed by atoms with van der Waals surface area (Å²) in [5.41, 5.74) is 1.48. The van der Waals surface area contributed by atoms with Gasteiger partial charge in [0, 0.05) is 19.6 Å². The summed E-state index contributed by atoms with van der Waals surface area (Å²) in [6.45, 7) is 1.66. The molecule has 0 aromatic heterocycles. The molecular weight excluding hydrogens is 304 g/mol. The summed E-state index contributed by atoms with van der Waals surface area (Å²) in [6.07, 6.45) is 5.91. The van der Waals surface area contributed by atoms with Gasteiger partial charge in [0.15, 0.2) is 0 Å². The second-order valence-corrected chi connectivity index (χ2v) is 7.30. The molecule has 130 valence electrons. The molecule has 24 heavy (non-hydrogen) atoms. The third-order valence-corrected chi connectivity index (χ3v) is 5.51. The number of urea groups is 1. The highest BCUT2D eigenvalue weighted by molar-refractivity contribution is 5.76. The zero-order valence-corrected chi connectivity index (χ0v) is 14.0. The number of carbonyl (C=O) groups excluding carboxylic acids is 1. The molecule has 3 rings (SSSR count). The van der Waals surface area contributed by atoms with Crippen LogP contribution in [0.2, 0.25) is 0 Å². The first-order valence-corrected chi connectivity index (χ1v) is 8.88. The quantitative estimate of drug-likeness (QED) is 0.872. The lowest BCUT2D eigenvalue weighted by Gasteiger charge is -2.43. The van der Waals surface area contributed by atoms with E-state index in [0.29, 0.717) is 26.1 Å². The Labute approximate surface area is 143 Å². The summed E-state index contributed by atoms with van der Waals surface area (Å²) in [5, 5.41) is 12.2. The van der Waals surface area contributed by atoms with E-state index in [1.165, 1.54) is 12.0 Å². The topological polar surface area (TPSA) is 69.6 Å². The number of hydrogen-bond acceptors (Lipinski definition) is 2. The van der Waals surface area contributed by atoms with Crippen LogP contribution in [0.25, 0.3) is 0 Å². The predicted octanol–water partition coefficient (Wildman–Crippen LogP) is 2.91. The number of nitrogens with zero attached hydrogens (tertiary/aromatic N) is 1. The van der Waals surface area contributed by atoms with Crippen molar-refractivity contribution in [2.45, 2.75) is 38.5 Å². The molecule has 5 heteroatoms. The average Bonchev–Trinajstić information content (AvgIpc) is 2.58. The van der Waals surface area contributed by atoms with E-state index in [2.05, 4.69) is 29.6 Å². The molecule has 1 heterocycles. The zero-order valence-electron chi connectivity index (χ0n) is 14.0. The molecule has 1 aromatic rings. The number of aliphatic carboxylic acids is 1. The van der Waals surface area contributed by atoms with E-state index in [1.54, 1.807) is 4.90 Å². The summed E-state index contributed by atoms with van der Waals surface area (Å²) in [7, 11) is 0. The summed E-state index contributed by atoms with van der Waals surface area (Å²) in [5.74, 6) is -1.22. The number of benzene rings is 1. The third kappa shape index (κ3) is 3.89. The van der Waals surface area contributed by atoms with Gasteiger partial charge in [0.25, 0.3) is 0 Å². The number of hydrogen-bond donors (Lipinski definition) is 2. The molecule has 2 N–H and O–H groups in total. The molecule has 1 saturated carbocycles. The first-order valence-electron chi connectivity index (χ1n) is 8.88. The van der Waals surface area contributed by atoms with Crippen molar-refractivity contribution in [1.82, 2.24) is 10.2 Å². The maximum atomic E-state index is 12.4. The summed E-state index contributed by atoms with van der Waals surface area (Å²) < 4.78 is 0. The summed E-state index contributed by atoms with van der Waals surface area (Å²) in [4.78, 5) is 25.2. The van der Waals surface area contributed by atoms with Crippen molar-refractivity contribution in [2.75, 3.05) is 19.6 Å². The predicted molar refractivity (Wildman–Crippen MR) is 91.8 cm³/mol. The number of likely N-dealkylation sites (tertiary alicyclic amines) is 1. The van der Waals surface area contributed by atoms with Crippen LogP contribution in [0.3, 0.4) is 0 Å². The van der Waals surface area contributed by atoms with Gasteiger partial charge in [-0.15, -0.1) is 0 Å². The molecule has 0 radical (unpaired) electrons. The fourth-order valence-electron chi connectivity index (χ4n) is 3.86. The van der Waals surface area contributed by atoms with Crippen molar-refractivity contribution in [2.24, 2.45) is 11.3 Å². The molecule has 1 aliphatic heterocycles. The second kappa shape index (κ2) is 7.24. The van der Waals surface area contributed by atoms with Crippen molar-refractivity contribution in [3.05, 3.63) is 35.9 Å². The molecule has 1 saturated heterocycles. The molecule has 5 nitrogen and oxygen atoms in total. The number of carboxylic acids is 1. The van der Waals surface area contributed by atoms with Gasteiger partial charge in [0.2, 0.25) is 0 Å². The van der Waals surface area contributed by atoms with Gasteiger partial charge in [0.1, 0.15) is 0 Å². The van der Waals surface area contributed by atoms with Crippen molar-refractivity contribution in [1.29, 1.82) is 0 Å². The van der Waals surface area contributed by atoms with E-state index in [9.17, 15) is 9.59 Å². The SMILES string of the molecule is O=C(O)C1CCCN(C(=O)NCC2(Cc3ccccc3)CCC2)C1. The van der Waals surface area contributed by atoms with Gasteiger partial charge >= 0.3 is 12.0 Å². The highest BCUT2D eigenvalue weighted by Gasteiger charge is 2.38. The monoisotopic (exact) mass is 330 g/mol. The maximum Gasteiger partial charge on any atom is 0.317 e. The first kappa shape index (κ1) is 16.8. The van der Waals surface area contributed by atoms with Gasteiger partial charge < -0.3 is 15.3 Å². The van der Waals surface area contributed by atoms with Crippen LogP contribution in [-0.2, 0) is 11.2 Å². The maximum absolute atomic E-state index is 12.4. The number of carbonyl (C=O) groups is 2. The molecule has 2 fully saturated rings. The smallest absolute Gasteiger partial charge is 0.317 e. The number of amides is 2. The van der Waals surface area contributed by atoms with E-state index in [0.717, 1.165) is 25.7 Å². The van der Waals surface area contributed by atoms with Crippen molar-refractivity contribution < 1.29 is 14.7 Å². The highest BCUT2D eigenvalue weighted by atomic mass is 16.4. The Bertz CT molecular complexity index is 584. The van der Waals surface area contributed by atoms with E-state index >= 15 is 0 Å². The third-order valence-electron chi connectivity index (χ3n) is 5.51. The normalized spacial score (nSPS) is 22.5. The first-order chi connectivity index (χ1) is 11.6. The summed E-state index contributed by atoms with van der Waals surface area (Å²) >= 11 is 0. The minimum absolute atomic E-state index is 0.111. The number of rotatable bonds is 5. The lowest BCUT2D eigenvalue weighted by molar-refractivity contribution is -0.143. The average molecular weight is 330 g/mol. The van der Waals surface area contributed by atoms with Gasteiger partial charge in [-0.1, -0.05) is 36.8 Å².